The molecule has 0 saturated heterocycles. The summed E-state index contributed by atoms with van der Waals surface area (Å²) in [5.74, 6) is 2.17. The summed E-state index contributed by atoms with van der Waals surface area (Å²) in [6.45, 7) is -0.158. The van der Waals surface area contributed by atoms with E-state index in [1.165, 1.54) is 21.1 Å². The van der Waals surface area contributed by atoms with E-state index in [4.69, 9.17) is 6.42 Å². The molecule has 7 nitrogen and oxygen atoms in total. The van der Waals surface area contributed by atoms with E-state index in [1.807, 2.05) is 0 Å². The van der Waals surface area contributed by atoms with Gasteiger partial charge in [0.2, 0.25) is 0 Å². The molecule has 0 bridgehead atoms. The first kappa shape index (κ1) is 14.2. The molecule has 0 unspecified atom stereocenters. The van der Waals surface area contributed by atoms with Crippen LogP contribution in [0.4, 0.5) is 0 Å². The van der Waals surface area contributed by atoms with Crippen molar-refractivity contribution in [3.63, 3.8) is 0 Å². The topological polar surface area (TPSA) is 81.4 Å². The fourth-order valence-electron chi connectivity index (χ4n) is 1.33. The molecule has 8 heteroatoms. The van der Waals surface area contributed by atoms with Gasteiger partial charge in [-0.15, -0.1) is 6.42 Å². The summed E-state index contributed by atoms with van der Waals surface area (Å²) in [5, 5.41) is 0. The Morgan fingerprint density at radius 2 is 1.94 bits per heavy atom. The number of hydrogen-bond acceptors (Lipinski definition) is 4. The lowest BCUT2D eigenvalue weighted by molar-refractivity contribution is 0.497. The van der Waals surface area contributed by atoms with Crippen LogP contribution < -0.4 is 11.2 Å². The zero-order chi connectivity index (χ0) is 14.1. The van der Waals surface area contributed by atoms with Gasteiger partial charge in [0.1, 0.15) is 0 Å². The van der Waals surface area contributed by atoms with Crippen LogP contribution in [0.15, 0.2) is 20.7 Å². The largest absolute Gasteiger partial charge is 0.330 e. The second-order valence-electron chi connectivity index (χ2n) is 3.72. The summed E-state index contributed by atoms with van der Waals surface area (Å²) >= 11 is 0. The Balaban J connectivity index is 3.60. The molecule has 0 radical (unpaired) electrons. The number of aromatic nitrogens is 2. The molecule has 1 rings (SSSR count). The maximum absolute atomic E-state index is 12.1. The quantitative estimate of drug-likeness (QED) is 0.616. The first-order chi connectivity index (χ1) is 8.23. The molecule has 0 atom stereocenters. The summed E-state index contributed by atoms with van der Waals surface area (Å²) in [6.07, 6.45) is 6.02. The molecular weight excluding hydrogens is 258 g/mol. The van der Waals surface area contributed by atoms with E-state index in [1.54, 1.807) is 0 Å². The van der Waals surface area contributed by atoms with Gasteiger partial charge in [0.05, 0.1) is 6.54 Å². The minimum absolute atomic E-state index is 0.158. The fraction of sp³-hybridized carbons (Fsp3) is 0.400. The molecule has 1 heterocycles. The predicted octanol–water partition coefficient (Wildman–Crippen LogP) is -1.66. The monoisotopic (exact) mass is 271 g/mol. The first-order valence-corrected chi connectivity index (χ1v) is 6.34. The summed E-state index contributed by atoms with van der Waals surface area (Å²) in [7, 11) is -0.156. The first-order valence-electron chi connectivity index (χ1n) is 4.90. The molecule has 18 heavy (non-hydrogen) atoms. The molecule has 0 aromatic carbocycles. The highest BCUT2D eigenvalue weighted by Gasteiger charge is 2.25. The van der Waals surface area contributed by atoms with Gasteiger partial charge in [0.15, 0.2) is 4.90 Å². The van der Waals surface area contributed by atoms with E-state index in [2.05, 4.69) is 5.92 Å². The molecule has 0 saturated carbocycles. The van der Waals surface area contributed by atoms with Gasteiger partial charge in [-0.2, -0.15) is 4.31 Å². The Morgan fingerprint density at radius 3 is 2.44 bits per heavy atom. The van der Waals surface area contributed by atoms with Crippen molar-refractivity contribution in [1.82, 2.24) is 13.4 Å². The Bertz CT molecular complexity index is 721. The molecule has 0 aliphatic heterocycles. The van der Waals surface area contributed by atoms with Crippen LogP contribution in [0.25, 0.3) is 0 Å². The number of rotatable bonds is 3. The van der Waals surface area contributed by atoms with Crippen molar-refractivity contribution in [3.05, 3.63) is 27.0 Å². The smallest absolute Gasteiger partial charge is 0.302 e. The van der Waals surface area contributed by atoms with Crippen LogP contribution >= 0.6 is 0 Å². The molecule has 1 aromatic heterocycles. The highest BCUT2D eigenvalue weighted by Crippen LogP contribution is 2.07. The average Bonchev–Trinajstić information content (AvgIpc) is 2.31. The van der Waals surface area contributed by atoms with Crippen LogP contribution in [0.3, 0.4) is 0 Å². The second-order valence-corrected chi connectivity index (χ2v) is 5.73. The minimum Gasteiger partial charge on any atom is -0.302 e. The zero-order valence-corrected chi connectivity index (χ0v) is 11.1. The highest BCUT2D eigenvalue weighted by atomic mass is 32.2. The van der Waals surface area contributed by atoms with Crippen molar-refractivity contribution in [2.45, 2.75) is 4.90 Å². The van der Waals surface area contributed by atoms with Gasteiger partial charge >= 0.3 is 5.69 Å². The number of sulfonamides is 1. The predicted molar refractivity (Wildman–Crippen MR) is 65.6 cm³/mol. The van der Waals surface area contributed by atoms with E-state index < -0.39 is 26.2 Å². The van der Waals surface area contributed by atoms with Crippen LogP contribution in [-0.4, -0.2) is 35.4 Å². The van der Waals surface area contributed by atoms with Crippen LogP contribution in [-0.2, 0) is 24.1 Å². The maximum Gasteiger partial charge on any atom is 0.330 e. The Morgan fingerprint density at radius 1 is 1.39 bits per heavy atom. The molecule has 0 aliphatic carbocycles. The van der Waals surface area contributed by atoms with Crippen LogP contribution in [0, 0.1) is 12.3 Å². The maximum atomic E-state index is 12.1. The van der Waals surface area contributed by atoms with Gasteiger partial charge < -0.3 is 4.57 Å². The van der Waals surface area contributed by atoms with E-state index in [0.717, 1.165) is 19.6 Å². The van der Waals surface area contributed by atoms with Gasteiger partial charge in [-0.3, -0.25) is 9.36 Å². The van der Waals surface area contributed by atoms with Gasteiger partial charge in [-0.25, -0.2) is 13.2 Å². The highest BCUT2D eigenvalue weighted by molar-refractivity contribution is 7.89. The lowest BCUT2D eigenvalue weighted by Gasteiger charge is -2.14. The minimum atomic E-state index is -4.00. The van der Waals surface area contributed by atoms with Gasteiger partial charge in [-0.05, 0) is 0 Å². The number of terminal acetylenes is 1. The summed E-state index contributed by atoms with van der Waals surface area (Å²) in [5.41, 5.74) is -1.47. The molecule has 0 amide bonds. The van der Waals surface area contributed by atoms with E-state index >= 15 is 0 Å². The molecule has 98 valence electrons. The Labute approximate surface area is 104 Å². The normalized spacial score (nSPS) is 11.5. The van der Waals surface area contributed by atoms with Crippen molar-refractivity contribution in [2.75, 3.05) is 13.6 Å². The van der Waals surface area contributed by atoms with Crippen molar-refractivity contribution in [2.24, 2.45) is 14.1 Å². The molecule has 0 spiro atoms. The van der Waals surface area contributed by atoms with Gasteiger partial charge in [-0.1, -0.05) is 5.92 Å². The second kappa shape index (κ2) is 4.80. The lowest BCUT2D eigenvalue weighted by atomic mass is 10.6. The molecule has 0 N–H and O–H groups in total. The fourth-order valence-corrected chi connectivity index (χ4v) is 2.56. The van der Waals surface area contributed by atoms with E-state index in [-0.39, 0.29) is 6.54 Å². The van der Waals surface area contributed by atoms with Crippen molar-refractivity contribution in [3.8, 4) is 12.3 Å². The van der Waals surface area contributed by atoms with Crippen molar-refractivity contribution >= 4 is 10.0 Å². The third-order valence-corrected chi connectivity index (χ3v) is 4.20. The standard InChI is InChI=1S/C10H13N3O4S/c1-5-6-12(3)18(16,17)8-7-11(2)10(15)13(4)9(8)14/h1,7H,6H2,2-4H3. The summed E-state index contributed by atoms with van der Waals surface area (Å²) < 4.78 is 26.7. The van der Waals surface area contributed by atoms with Crippen LogP contribution in [0.1, 0.15) is 0 Å². The Kier molecular flexibility index (Phi) is 3.79. The lowest BCUT2D eigenvalue weighted by Crippen LogP contribution is -2.41. The van der Waals surface area contributed by atoms with Gasteiger partial charge in [0.25, 0.3) is 15.6 Å². The zero-order valence-electron chi connectivity index (χ0n) is 10.2. The molecule has 1 aromatic rings. The number of hydrogen-bond donors (Lipinski definition) is 0. The van der Waals surface area contributed by atoms with Crippen molar-refractivity contribution < 1.29 is 8.42 Å². The molecule has 0 aliphatic rings. The number of nitrogens with zero attached hydrogens (tertiary/aromatic N) is 3. The Hall–Kier alpha value is -1.85. The van der Waals surface area contributed by atoms with Crippen LogP contribution in [0.5, 0.6) is 0 Å². The van der Waals surface area contributed by atoms with Crippen LogP contribution in [0.2, 0.25) is 0 Å². The molecule has 0 fully saturated rings. The molecular formula is C10H13N3O4S. The third kappa shape index (κ3) is 2.23. The average molecular weight is 271 g/mol. The van der Waals surface area contributed by atoms with E-state index in [9.17, 15) is 18.0 Å². The van der Waals surface area contributed by atoms with E-state index in [0.29, 0.717) is 0 Å². The number of aryl methyl sites for hydroxylation is 1. The van der Waals surface area contributed by atoms with Gasteiger partial charge in [0, 0.05) is 27.3 Å². The SMILES string of the molecule is C#CCN(C)S(=O)(=O)c1cn(C)c(=O)n(C)c1=O. The summed E-state index contributed by atoms with van der Waals surface area (Å²) in [6, 6.07) is 0. The third-order valence-electron chi connectivity index (χ3n) is 2.42. The summed E-state index contributed by atoms with van der Waals surface area (Å²) in [4.78, 5) is 22.8. The van der Waals surface area contributed by atoms with Crippen molar-refractivity contribution in [1.29, 1.82) is 0 Å².